The molecule has 0 saturated carbocycles. The molecule has 0 spiro atoms. The second kappa shape index (κ2) is 35.7. The van der Waals surface area contributed by atoms with Gasteiger partial charge in [-0.25, -0.2) is 0 Å². The van der Waals surface area contributed by atoms with E-state index < -0.39 is 24.2 Å². The first-order valence-corrected chi connectivity index (χ1v) is 19.6. The molecule has 45 heavy (non-hydrogen) atoms. The summed E-state index contributed by atoms with van der Waals surface area (Å²) >= 11 is 0. The van der Waals surface area contributed by atoms with Gasteiger partial charge in [-0.3, -0.25) is 4.79 Å². The van der Waals surface area contributed by atoms with Crippen molar-refractivity contribution >= 4 is 5.91 Å². The number of amides is 1. The molecule has 5 heteroatoms. The molecule has 0 rings (SSSR count). The van der Waals surface area contributed by atoms with Crippen molar-refractivity contribution < 1.29 is 20.1 Å². The third-order valence-electron chi connectivity index (χ3n) is 9.08. The van der Waals surface area contributed by atoms with Crippen molar-refractivity contribution in [2.75, 3.05) is 6.61 Å². The number of carbonyl (C=O) groups excluding carboxylic acids is 1. The van der Waals surface area contributed by atoms with Crippen molar-refractivity contribution in [2.24, 2.45) is 0 Å². The highest BCUT2D eigenvalue weighted by molar-refractivity contribution is 5.81. The Morgan fingerprint density at radius 1 is 0.556 bits per heavy atom. The standard InChI is InChI=1S/C40H77NO4/c1-3-5-7-9-11-13-15-17-18-19-20-21-22-23-25-26-28-30-32-34-38(43)37(36-42)41-40(45)39(44)35-33-31-29-27-24-16-14-12-10-8-6-4-2/h24,27,31,33,37-39,42-44H,3-23,25-26,28-30,32,34-36H2,1-2H3,(H,41,45)/b27-24-,33-31-. The van der Waals surface area contributed by atoms with Crippen LogP contribution in [0.4, 0.5) is 0 Å². The lowest BCUT2D eigenvalue weighted by atomic mass is 10.0. The Kier molecular flexibility index (Phi) is 34.8. The van der Waals surface area contributed by atoms with Crippen LogP contribution in [0.1, 0.15) is 200 Å². The zero-order valence-corrected chi connectivity index (χ0v) is 30.0. The van der Waals surface area contributed by atoms with E-state index in [1.165, 1.54) is 148 Å². The van der Waals surface area contributed by atoms with Crippen LogP contribution in [-0.4, -0.2) is 46.1 Å². The molecule has 5 nitrogen and oxygen atoms in total. The number of allylic oxidation sites excluding steroid dienone is 3. The lowest BCUT2D eigenvalue weighted by molar-refractivity contribution is -0.131. The largest absolute Gasteiger partial charge is 0.394 e. The molecule has 0 heterocycles. The van der Waals surface area contributed by atoms with E-state index in [0.717, 1.165) is 25.7 Å². The number of unbranched alkanes of at least 4 members (excludes halogenated alkanes) is 24. The Morgan fingerprint density at radius 3 is 1.40 bits per heavy atom. The number of aliphatic hydroxyl groups excluding tert-OH is 3. The summed E-state index contributed by atoms with van der Waals surface area (Å²) in [5, 5.41) is 33.0. The summed E-state index contributed by atoms with van der Waals surface area (Å²) in [5.41, 5.74) is 0. The molecule has 0 aliphatic carbocycles. The van der Waals surface area contributed by atoms with Crippen LogP contribution < -0.4 is 5.32 Å². The molecule has 0 aromatic rings. The Bertz CT molecular complexity index is 665. The molecular weight excluding hydrogens is 558 g/mol. The predicted octanol–water partition coefficient (Wildman–Crippen LogP) is 10.7. The van der Waals surface area contributed by atoms with Gasteiger partial charge in [0.2, 0.25) is 5.91 Å². The fourth-order valence-electron chi connectivity index (χ4n) is 5.94. The average molecular weight is 636 g/mol. The molecule has 3 atom stereocenters. The number of aliphatic hydroxyl groups is 3. The minimum atomic E-state index is -1.18. The lowest BCUT2D eigenvalue weighted by Gasteiger charge is -2.23. The summed E-state index contributed by atoms with van der Waals surface area (Å²) < 4.78 is 0. The van der Waals surface area contributed by atoms with Crippen LogP contribution in [0.25, 0.3) is 0 Å². The normalized spacial score (nSPS) is 14.0. The van der Waals surface area contributed by atoms with Crippen LogP contribution in [0, 0.1) is 0 Å². The maximum Gasteiger partial charge on any atom is 0.249 e. The van der Waals surface area contributed by atoms with E-state index in [0.29, 0.717) is 6.42 Å². The van der Waals surface area contributed by atoms with Gasteiger partial charge in [-0.05, 0) is 25.7 Å². The zero-order chi connectivity index (χ0) is 33.1. The summed E-state index contributed by atoms with van der Waals surface area (Å²) in [6, 6.07) is -0.739. The lowest BCUT2D eigenvalue weighted by Crippen LogP contribution is -2.49. The van der Waals surface area contributed by atoms with Crippen LogP contribution in [0.2, 0.25) is 0 Å². The van der Waals surface area contributed by atoms with E-state index >= 15 is 0 Å². The van der Waals surface area contributed by atoms with Crippen molar-refractivity contribution in [1.29, 1.82) is 0 Å². The number of hydrogen-bond acceptors (Lipinski definition) is 4. The predicted molar refractivity (Wildman–Crippen MR) is 195 cm³/mol. The maximum absolute atomic E-state index is 12.4. The highest BCUT2D eigenvalue weighted by Crippen LogP contribution is 2.16. The molecule has 0 fully saturated rings. The molecule has 4 N–H and O–H groups in total. The fraction of sp³-hybridized carbons (Fsp3) is 0.875. The maximum atomic E-state index is 12.4. The molecule has 3 unspecified atom stereocenters. The Balaban J connectivity index is 3.70. The van der Waals surface area contributed by atoms with Crippen LogP contribution in [0.3, 0.4) is 0 Å². The second-order valence-electron chi connectivity index (χ2n) is 13.5. The van der Waals surface area contributed by atoms with Gasteiger partial charge in [-0.2, -0.15) is 0 Å². The number of rotatable bonds is 35. The highest BCUT2D eigenvalue weighted by Gasteiger charge is 2.23. The monoisotopic (exact) mass is 636 g/mol. The van der Waals surface area contributed by atoms with E-state index in [-0.39, 0.29) is 13.0 Å². The zero-order valence-electron chi connectivity index (χ0n) is 30.0. The number of nitrogens with one attached hydrogen (secondary N) is 1. The molecule has 266 valence electrons. The molecule has 0 aromatic heterocycles. The molecule has 0 bridgehead atoms. The Morgan fingerprint density at radius 2 is 0.956 bits per heavy atom. The van der Waals surface area contributed by atoms with Gasteiger partial charge in [-0.15, -0.1) is 0 Å². The van der Waals surface area contributed by atoms with Gasteiger partial charge in [0.1, 0.15) is 6.10 Å². The van der Waals surface area contributed by atoms with Crippen molar-refractivity contribution in [3.05, 3.63) is 24.3 Å². The van der Waals surface area contributed by atoms with Crippen molar-refractivity contribution in [2.45, 2.75) is 218 Å². The Labute approximate surface area is 280 Å². The molecule has 0 aliphatic rings. The van der Waals surface area contributed by atoms with Gasteiger partial charge < -0.3 is 20.6 Å². The SMILES string of the molecule is CCCCCCCC/C=C\C/C=C\CC(O)C(=O)NC(CO)C(O)CCCCCCCCCCCCCCCCCCCCC. The molecule has 0 aliphatic heterocycles. The van der Waals surface area contributed by atoms with Gasteiger partial charge in [0.15, 0.2) is 0 Å². The van der Waals surface area contributed by atoms with E-state index in [1.54, 1.807) is 0 Å². The van der Waals surface area contributed by atoms with Gasteiger partial charge >= 0.3 is 0 Å². The van der Waals surface area contributed by atoms with Crippen LogP contribution in [0.5, 0.6) is 0 Å². The molecule has 1 amide bonds. The first-order chi connectivity index (χ1) is 22.1. The van der Waals surface area contributed by atoms with Gasteiger partial charge in [0.05, 0.1) is 18.8 Å². The summed E-state index contributed by atoms with van der Waals surface area (Å²) in [6.07, 6.45) is 41.9. The quantitative estimate of drug-likeness (QED) is 0.0412. The second-order valence-corrected chi connectivity index (χ2v) is 13.5. The van der Waals surface area contributed by atoms with Gasteiger partial charge in [0, 0.05) is 6.42 Å². The fourth-order valence-corrected chi connectivity index (χ4v) is 5.94. The van der Waals surface area contributed by atoms with E-state index in [9.17, 15) is 20.1 Å². The van der Waals surface area contributed by atoms with E-state index in [1.807, 2.05) is 12.2 Å². The summed E-state index contributed by atoms with van der Waals surface area (Å²) in [5.74, 6) is -0.537. The van der Waals surface area contributed by atoms with Crippen molar-refractivity contribution in [3.63, 3.8) is 0 Å². The summed E-state index contributed by atoms with van der Waals surface area (Å²) in [6.45, 7) is 4.18. The summed E-state index contributed by atoms with van der Waals surface area (Å²) in [4.78, 5) is 12.4. The number of carbonyl (C=O) groups is 1. The topological polar surface area (TPSA) is 89.8 Å². The molecular formula is C40H77NO4. The van der Waals surface area contributed by atoms with E-state index in [4.69, 9.17) is 0 Å². The Hall–Kier alpha value is -1.17. The third-order valence-corrected chi connectivity index (χ3v) is 9.08. The molecule has 0 saturated heterocycles. The van der Waals surface area contributed by atoms with Crippen molar-refractivity contribution in [3.8, 4) is 0 Å². The highest BCUT2D eigenvalue weighted by atomic mass is 16.3. The van der Waals surface area contributed by atoms with Gasteiger partial charge in [0.25, 0.3) is 0 Å². The minimum absolute atomic E-state index is 0.227. The van der Waals surface area contributed by atoms with Crippen LogP contribution >= 0.6 is 0 Å². The third kappa shape index (κ3) is 31.2. The average Bonchev–Trinajstić information content (AvgIpc) is 3.04. The van der Waals surface area contributed by atoms with Crippen LogP contribution in [0.15, 0.2) is 24.3 Å². The first-order valence-electron chi connectivity index (χ1n) is 19.6. The smallest absolute Gasteiger partial charge is 0.249 e. The molecule has 0 aromatic carbocycles. The van der Waals surface area contributed by atoms with E-state index in [2.05, 4.69) is 31.3 Å². The van der Waals surface area contributed by atoms with Crippen molar-refractivity contribution in [1.82, 2.24) is 5.32 Å². The molecule has 0 radical (unpaired) electrons. The first kappa shape index (κ1) is 43.8. The minimum Gasteiger partial charge on any atom is -0.394 e. The van der Waals surface area contributed by atoms with Crippen LogP contribution in [-0.2, 0) is 4.79 Å². The number of hydrogen-bond donors (Lipinski definition) is 4. The van der Waals surface area contributed by atoms with Gasteiger partial charge in [-0.1, -0.05) is 192 Å². The summed E-state index contributed by atoms with van der Waals surface area (Å²) in [7, 11) is 0.